The molecule has 0 aromatic heterocycles. The molecule has 0 bridgehead atoms. The lowest BCUT2D eigenvalue weighted by atomic mass is 10.1. The maximum atomic E-state index is 10.9. The molecular formula is C11H10ClN3OS. The molecule has 1 heterocycles. The first-order valence-corrected chi connectivity index (χ1v) is 6.31. The molecule has 17 heavy (non-hydrogen) atoms. The van der Waals surface area contributed by atoms with E-state index < -0.39 is 0 Å². The van der Waals surface area contributed by atoms with Crippen molar-refractivity contribution in [3.63, 3.8) is 0 Å². The van der Waals surface area contributed by atoms with Gasteiger partial charge >= 0.3 is 0 Å². The number of rotatable bonds is 2. The van der Waals surface area contributed by atoms with Crippen molar-refractivity contribution in [1.29, 1.82) is 0 Å². The predicted octanol–water partition coefficient (Wildman–Crippen LogP) is 2.20. The van der Waals surface area contributed by atoms with Crippen LogP contribution in [0.15, 0.2) is 28.4 Å². The van der Waals surface area contributed by atoms with Crippen LogP contribution < -0.4 is 5.32 Å². The summed E-state index contributed by atoms with van der Waals surface area (Å²) in [5.41, 5.74) is 1.98. The summed E-state index contributed by atoms with van der Waals surface area (Å²) in [7, 11) is 0. The number of aryl methyl sites for hydroxylation is 1. The van der Waals surface area contributed by atoms with Gasteiger partial charge in [0.15, 0.2) is 5.17 Å². The van der Waals surface area contributed by atoms with Crippen LogP contribution >= 0.6 is 23.4 Å². The maximum absolute atomic E-state index is 10.9. The molecule has 1 aliphatic heterocycles. The third-order valence-corrected chi connectivity index (χ3v) is 3.26. The Morgan fingerprint density at radius 2 is 2.35 bits per heavy atom. The Morgan fingerprint density at radius 1 is 1.53 bits per heavy atom. The number of nitrogens with one attached hydrogen (secondary N) is 1. The number of hydrogen-bond acceptors (Lipinski definition) is 4. The fraction of sp³-hybridized carbons (Fsp3) is 0.182. The van der Waals surface area contributed by atoms with Crippen molar-refractivity contribution in [3.05, 3.63) is 34.3 Å². The van der Waals surface area contributed by atoms with Crippen LogP contribution in [-0.4, -0.2) is 23.0 Å². The molecular weight excluding hydrogens is 258 g/mol. The first-order valence-electron chi connectivity index (χ1n) is 4.95. The molecule has 0 saturated carbocycles. The maximum Gasteiger partial charge on any atom is 0.236 e. The molecule has 0 aliphatic carbocycles. The molecule has 0 radical (unpaired) electrons. The van der Waals surface area contributed by atoms with Crippen LogP contribution in [0.5, 0.6) is 0 Å². The number of thioether (sulfide) groups is 1. The summed E-state index contributed by atoms with van der Waals surface area (Å²) >= 11 is 7.19. The molecule has 2 rings (SSSR count). The molecule has 1 aliphatic rings. The van der Waals surface area contributed by atoms with Crippen molar-refractivity contribution in [2.75, 3.05) is 5.75 Å². The van der Waals surface area contributed by atoms with Gasteiger partial charge in [0.25, 0.3) is 0 Å². The zero-order valence-corrected chi connectivity index (χ0v) is 10.7. The topological polar surface area (TPSA) is 53.8 Å². The van der Waals surface area contributed by atoms with Crippen LogP contribution in [0, 0.1) is 6.92 Å². The van der Waals surface area contributed by atoms with E-state index in [1.165, 1.54) is 11.8 Å². The summed E-state index contributed by atoms with van der Waals surface area (Å²) < 4.78 is 0. The molecule has 4 nitrogen and oxygen atoms in total. The summed E-state index contributed by atoms with van der Waals surface area (Å²) in [5.74, 6) is 0.376. The molecule has 1 aromatic carbocycles. The van der Waals surface area contributed by atoms with Crippen molar-refractivity contribution < 1.29 is 4.79 Å². The Morgan fingerprint density at radius 3 is 3.00 bits per heavy atom. The van der Waals surface area contributed by atoms with E-state index in [9.17, 15) is 4.79 Å². The lowest BCUT2D eigenvalue weighted by molar-refractivity contribution is -0.116. The second-order valence-corrected chi connectivity index (χ2v) is 4.89. The lowest BCUT2D eigenvalue weighted by Crippen LogP contribution is -2.19. The number of carbonyl (C=O) groups excluding carboxylic acids is 1. The Kier molecular flexibility index (Phi) is 3.81. The number of carbonyl (C=O) groups is 1. The van der Waals surface area contributed by atoms with E-state index in [1.807, 2.05) is 19.1 Å². The van der Waals surface area contributed by atoms with Gasteiger partial charge in [-0.25, -0.2) is 0 Å². The summed E-state index contributed by atoms with van der Waals surface area (Å²) in [6.45, 7) is 1.95. The normalized spacial score (nSPS) is 18.0. The second kappa shape index (κ2) is 5.33. The third kappa shape index (κ3) is 3.31. The minimum atomic E-state index is -0.0355. The fourth-order valence-electron chi connectivity index (χ4n) is 1.31. The number of halogens is 1. The summed E-state index contributed by atoms with van der Waals surface area (Å²) in [6.07, 6.45) is 1.64. The SMILES string of the molecule is Cc1cc(Cl)ccc1C=NN=C1NC(=O)CS1. The van der Waals surface area contributed by atoms with Crippen molar-refractivity contribution in [2.45, 2.75) is 6.92 Å². The van der Waals surface area contributed by atoms with E-state index in [0.717, 1.165) is 11.1 Å². The van der Waals surface area contributed by atoms with Gasteiger partial charge in [-0.05, 0) is 30.2 Å². The van der Waals surface area contributed by atoms with Crippen LogP contribution in [0.3, 0.4) is 0 Å². The number of amides is 1. The molecule has 0 atom stereocenters. The molecule has 1 N–H and O–H groups in total. The third-order valence-electron chi connectivity index (χ3n) is 2.16. The first kappa shape index (κ1) is 12.1. The van der Waals surface area contributed by atoms with E-state index in [0.29, 0.717) is 15.9 Å². The van der Waals surface area contributed by atoms with Crippen molar-refractivity contribution in [2.24, 2.45) is 10.2 Å². The molecule has 88 valence electrons. The number of amidine groups is 1. The lowest BCUT2D eigenvalue weighted by Gasteiger charge is -1.98. The van der Waals surface area contributed by atoms with E-state index in [1.54, 1.807) is 12.3 Å². The van der Waals surface area contributed by atoms with Crippen LogP contribution in [0.2, 0.25) is 5.02 Å². The number of benzene rings is 1. The zero-order chi connectivity index (χ0) is 12.3. The molecule has 1 aromatic rings. The summed E-state index contributed by atoms with van der Waals surface area (Å²) in [6, 6.07) is 5.54. The molecule has 1 amide bonds. The van der Waals surface area contributed by atoms with Gasteiger partial charge in [-0.2, -0.15) is 5.10 Å². The fourth-order valence-corrected chi connectivity index (χ4v) is 2.16. The Hall–Kier alpha value is -1.33. The van der Waals surface area contributed by atoms with E-state index in [2.05, 4.69) is 15.5 Å². The largest absolute Gasteiger partial charge is 0.303 e. The van der Waals surface area contributed by atoms with E-state index >= 15 is 0 Å². The van der Waals surface area contributed by atoms with Gasteiger partial charge in [0.1, 0.15) is 0 Å². The summed E-state index contributed by atoms with van der Waals surface area (Å²) in [4.78, 5) is 10.9. The molecule has 1 saturated heterocycles. The quantitative estimate of drug-likeness (QED) is 0.660. The molecule has 6 heteroatoms. The van der Waals surface area contributed by atoms with Gasteiger partial charge in [-0.1, -0.05) is 29.4 Å². The smallest absolute Gasteiger partial charge is 0.236 e. The van der Waals surface area contributed by atoms with Gasteiger partial charge < -0.3 is 5.32 Å². The average molecular weight is 268 g/mol. The average Bonchev–Trinajstić information content (AvgIpc) is 2.68. The van der Waals surface area contributed by atoms with Gasteiger partial charge in [0.2, 0.25) is 5.91 Å². The number of hydrogen-bond donors (Lipinski definition) is 1. The Labute approximate surface area is 108 Å². The number of nitrogens with zero attached hydrogens (tertiary/aromatic N) is 2. The highest BCUT2D eigenvalue weighted by molar-refractivity contribution is 8.15. The summed E-state index contributed by atoms with van der Waals surface area (Å²) in [5, 5.41) is 11.7. The second-order valence-electron chi connectivity index (χ2n) is 3.49. The van der Waals surface area contributed by atoms with Crippen LogP contribution in [-0.2, 0) is 4.79 Å². The predicted molar refractivity (Wildman–Crippen MR) is 71.8 cm³/mol. The highest BCUT2D eigenvalue weighted by Gasteiger charge is 2.15. The Bertz CT molecular complexity index is 513. The highest BCUT2D eigenvalue weighted by atomic mass is 35.5. The van der Waals surface area contributed by atoms with Crippen molar-refractivity contribution in [1.82, 2.24) is 5.32 Å². The van der Waals surface area contributed by atoms with Crippen molar-refractivity contribution >= 4 is 40.7 Å². The van der Waals surface area contributed by atoms with Gasteiger partial charge in [0, 0.05) is 5.02 Å². The standard InChI is InChI=1S/C11H10ClN3OS/c1-7-4-9(12)3-2-8(7)5-13-15-11-14-10(16)6-17-11/h2-5H,6H2,1H3,(H,14,15,16). The van der Waals surface area contributed by atoms with Crippen LogP contribution in [0.4, 0.5) is 0 Å². The highest BCUT2D eigenvalue weighted by Crippen LogP contribution is 2.14. The molecule has 0 unspecified atom stereocenters. The van der Waals surface area contributed by atoms with E-state index in [-0.39, 0.29) is 5.91 Å². The van der Waals surface area contributed by atoms with Crippen LogP contribution in [0.25, 0.3) is 0 Å². The minimum Gasteiger partial charge on any atom is -0.303 e. The van der Waals surface area contributed by atoms with Crippen molar-refractivity contribution in [3.8, 4) is 0 Å². The van der Waals surface area contributed by atoms with Gasteiger partial charge in [-0.15, -0.1) is 5.10 Å². The zero-order valence-electron chi connectivity index (χ0n) is 9.11. The van der Waals surface area contributed by atoms with Gasteiger partial charge in [-0.3, -0.25) is 4.79 Å². The minimum absolute atomic E-state index is 0.0355. The monoisotopic (exact) mass is 267 g/mol. The van der Waals surface area contributed by atoms with Gasteiger partial charge in [0.05, 0.1) is 12.0 Å². The first-order chi connectivity index (χ1) is 8.15. The van der Waals surface area contributed by atoms with E-state index in [4.69, 9.17) is 11.6 Å². The Balaban J connectivity index is 2.08. The van der Waals surface area contributed by atoms with Crippen LogP contribution in [0.1, 0.15) is 11.1 Å². The molecule has 0 spiro atoms. The molecule has 1 fully saturated rings.